The maximum absolute atomic E-state index is 12.2. The summed E-state index contributed by atoms with van der Waals surface area (Å²) in [7, 11) is 0. The molecule has 6 nitrogen and oxygen atoms in total. The van der Waals surface area contributed by atoms with E-state index in [0.29, 0.717) is 6.54 Å². The lowest BCUT2D eigenvalue weighted by atomic mass is 10.1. The number of carbonyl (C=O) groups is 1. The maximum atomic E-state index is 12.2. The molecule has 0 spiro atoms. The number of hydroxylamine groups is 1. The van der Waals surface area contributed by atoms with Gasteiger partial charge in [-0.1, -0.05) is 28.1 Å². The first-order valence-electron chi connectivity index (χ1n) is 8.31. The van der Waals surface area contributed by atoms with Crippen molar-refractivity contribution in [3.63, 3.8) is 0 Å². The molecule has 1 amide bonds. The van der Waals surface area contributed by atoms with E-state index in [4.69, 9.17) is 9.57 Å². The van der Waals surface area contributed by atoms with Crippen LogP contribution in [-0.4, -0.2) is 51.4 Å². The summed E-state index contributed by atoms with van der Waals surface area (Å²) in [6, 6.07) is 7.86. The second-order valence-corrected chi connectivity index (χ2v) is 6.90. The third kappa shape index (κ3) is 4.80. The first-order chi connectivity index (χ1) is 11.7. The topological polar surface area (TPSA) is 64.0 Å². The minimum atomic E-state index is -0.588. The molecule has 2 aliphatic rings. The van der Waals surface area contributed by atoms with E-state index in [9.17, 15) is 4.79 Å². The predicted octanol–water partition coefficient (Wildman–Crippen LogP) is 0.115. The average molecular weight is 397 g/mol. The van der Waals surface area contributed by atoms with Gasteiger partial charge in [-0.2, -0.15) is 0 Å². The molecule has 0 saturated carbocycles. The highest BCUT2D eigenvalue weighted by Crippen LogP contribution is 2.21. The summed E-state index contributed by atoms with van der Waals surface area (Å²) in [5.74, 6) is -0.107. The molecule has 2 heterocycles. The van der Waals surface area contributed by atoms with Crippen molar-refractivity contribution in [3.8, 4) is 0 Å². The largest absolute Gasteiger partial charge is 0.370 e. The van der Waals surface area contributed by atoms with Gasteiger partial charge in [0.05, 0.1) is 25.5 Å². The first kappa shape index (κ1) is 17.4. The molecule has 0 unspecified atom stereocenters. The number of benzene rings is 1. The van der Waals surface area contributed by atoms with Crippen LogP contribution in [-0.2, 0) is 14.4 Å². The Labute approximate surface area is 150 Å². The Hall–Kier alpha value is -1.41. The minimum Gasteiger partial charge on any atom is -0.370 e. The summed E-state index contributed by atoms with van der Waals surface area (Å²) in [5.41, 5.74) is 4.63. The summed E-state index contributed by atoms with van der Waals surface area (Å²) in [6.07, 6.45) is 2.18. The molecule has 1 atom stereocenters. The van der Waals surface area contributed by atoms with E-state index in [1.807, 2.05) is 30.3 Å². The molecule has 1 aromatic rings. The van der Waals surface area contributed by atoms with E-state index in [1.165, 1.54) is 0 Å². The summed E-state index contributed by atoms with van der Waals surface area (Å²) >= 11 is 3.44. The number of amides is 1. The molecule has 0 aliphatic carbocycles. The van der Waals surface area contributed by atoms with Crippen molar-refractivity contribution >= 4 is 27.5 Å². The van der Waals surface area contributed by atoms with Gasteiger partial charge in [-0.05, 0) is 18.2 Å². The minimum absolute atomic E-state index is 0.107. The quantitative estimate of drug-likeness (QED) is 0.597. The maximum Gasteiger partial charge on any atom is 0.256 e. The molecule has 0 aromatic heterocycles. The van der Waals surface area contributed by atoms with E-state index in [2.05, 4.69) is 26.7 Å². The van der Waals surface area contributed by atoms with E-state index < -0.39 is 6.10 Å². The number of hydrogen-bond acceptors (Lipinski definition) is 4. The van der Waals surface area contributed by atoms with Crippen LogP contribution in [0, 0.1) is 0 Å². The molecule has 7 heteroatoms. The van der Waals surface area contributed by atoms with Crippen LogP contribution >= 0.6 is 15.9 Å². The number of halogens is 1. The van der Waals surface area contributed by atoms with E-state index >= 15 is 0 Å². The number of ether oxygens (including phenoxy) is 1. The lowest BCUT2D eigenvalue weighted by molar-refractivity contribution is -0.908. The molecule has 0 radical (unpaired) electrons. The average Bonchev–Trinajstić information content (AvgIpc) is 3.10. The van der Waals surface area contributed by atoms with Crippen LogP contribution in [0.15, 0.2) is 34.8 Å². The molecule has 1 aromatic carbocycles. The summed E-state index contributed by atoms with van der Waals surface area (Å²) in [6.45, 7) is 5.53. The molecule has 2 aliphatic heterocycles. The van der Waals surface area contributed by atoms with Crippen LogP contribution < -0.4 is 15.7 Å². The lowest BCUT2D eigenvalue weighted by Crippen LogP contribution is -3.14. The van der Waals surface area contributed by atoms with Crippen molar-refractivity contribution < 1.29 is 19.3 Å². The van der Waals surface area contributed by atoms with Crippen molar-refractivity contribution in [1.82, 2.24) is 10.8 Å². The van der Waals surface area contributed by atoms with Crippen molar-refractivity contribution in [3.05, 3.63) is 40.4 Å². The Kier molecular flexibility index (Phi) is 6.25. The molecular formula is C17H23BrN3O3+. The van der Waals surface area contributed by atoms with Crippen molar-refractivity contribution in [2.45, 2.75) is 12.5 Å². The zero-order chi connectivity index (χ0) is 16.8. The van der Waals surface area contributed by atoms with Crippen LogP contribution in [0.5, 0.6) is 0 Å². The third-order valence-corrected chi connectivity index (χ3v) is 4.71. The monoisotopic (exact) mass is 396 g/mol. The summed E-state index contributed by atoms with van der Waals surface area (Å²) in [4.78, 5) is 19.1. The van der Waals surface area contributed by atoms with Gasteiger partial charge in [-0.25, -0.2) is 0 Å². The van der Waals surface area contributed by atoms with E-state index in [-0.39, 0.29) is 5.91 Å². The number of morpholine rings is 1. The second kappa shape index (κ2) is 8.62. The highest BCUT2D eigenvalue weighted by Gasteiger charge is 2.24. The number of carbonyl (C=O) groups excluding carboxylic acids is 1. The second-order valence-electron chi connectivity index (χ2n) is 5.99. The van der Waals surface area contributed by atoms with Gasteiger partial charge in [0, 0.05) is 23.0 Å². The Morgan fingerprint density at radius 2 is 2.21 bits per heavy atom. The van der Waals surface area contributed by atoms with Crippen molar-refractivity contribution in [2.75, 3.05) is 39.4 Å². The zero-order valence-corrected chi connectivity index (χ0v) is 15.1. The van der Waals surface area contributed by atoms with Crippen molar-refractivity contribution in [2.24, 2.45) is 0 Å². The van der Waals surface area contributed by atoms with Gasteiger partial charge >= 0.3 is 0 Å². The van der Waals surface area contributed by atoms with Crippen LogP contribution in [0.1, 0.15) is 12.0 Å². The Bertz CT molecular complexity index is 602. The normalized spacial score (nSPS) is 21.2. The third-order valence-electron chi connectivity index (χ3n) is 4.21. The first-order valence-corrected chi connectivity index (χ1v) is 9.10. The summed E-state index contributed by atoms with van der Waals surface area (Å²) < 4.78 is 6.33. The van der Waals surface area contributed by atoms with Gasteiger partial charge < -0.3 is 15.0 Å². The number of quaternary nitrogens is 1. The molecule has 3 rings (SSSR count). The zero-order valence-electron chi connectivity index (χ0n) is 13.5. The number of hydrogen-bond donors (Lipinski definition) is 3. The van der Waals surface area contributed by atoms with Gasteiger partial charge in [-0.3, -0.25) is 15.1 Å². The van der Waals surface area contributed by atoms with E-state index in [1.54, 1.807) is 4.90 Å². The van der Waals surface area contributed by atoms with Crippen LogP contribution in [0.2, 0.25) is 0 Å². The SMILES string of the molecule is O=C(NCCC[NH+]1CCOCC1)[C@@H]1C=C(c2cccc(Br)c2)NO1. The molecular weight excluding hydrogens is 374 g/mol. The molecule has 3 N–H and O–H groups in total. The molecule has 1 saturated heterocycles. The van der Waals surface area contributed by atoms with Gasteiger partial charge in [0.25, 0.3) is 5.91 Å². The van der Waals surface area contributed by atoms with Crippen LogP contribution in [0.25, 0.3) is 5.70 Å². The molecule has 0 bridgehead atoms. The van der Waals surface area contributed by atoms with E-state index in [0.717, 1.165) is 55.0 Å². The number of nitrogens with one attached hydrogen (secondary N) is 3. The standard InChI is InChI=1S/C17H22BrN3O3/c18-14-4-1-3-13(11-14)15-12-16(24-20-15)17(22)19-5-2-6-21-7-9-23-10-8-21/h1,3-4,11-12,16,20H,2,5-10H2,(H,19,22)/p+1/t16-/m0/s1. The Morgan fingerprint density at radius 1 is 1.38 bits per heavy atom. The van der Waals surface area contributed by atoms with Crippen LogP contribution in [0.4, 0.5) is 0 Å². The smallest absolute Gasteiger partial charge is 0.256 e. The fraction of sp³-hybridized carbons (Fsp3) is 0.471. The highest BCUT2D eigenvalue weighted by atomic mass is 79.9. The molecule has 24 heavy (non-hydrogen) atoms. The molecule has 1 fully saturated rings. The van der Waals surface area contributed by atoms with Gasteiger partial charge in [0.2, 0.25) is 0 Å². The predicted molar refractivity (Wildman–Crippen MR) is 94.1 cm³/mol. The van der Waals surface area contributed by atoms with Gasteiger partial charge in [0.15, 0.2) is 6.10 Å². The fourth-order valence-electron chi connectivity index (χ4n) is 2.85. The molecule has 130 valence electrons. The van der Waals surface area contributed by atoms with Crippen molar-refractivity contribution in [1.29, 1.82) is 0 Å². The van der Waals surface area contributed by atoms with Gasteiger partial charge in [-0.15, -0.1) is 0 Å². The fourth-order valence-corrected chi connectivity index (χ4v) is 3.25. The van der Waals surface area contributed by atoms with Gasteiger partial charge in [0.1, 0.15) is 13.1 Å². The Balaban J connectivity index is 1.42. The lowest BCUT2D eigenvalue weighted by Gasteiger charge is -2.23. The highest BCUT2D eigenvalue weighted by molar-refractivity contribution is 9.10. The van der Waals surface area contributed by atoms with Crippen LogP contribution in [0.3, 0.4) is 0 Å². The Morgan fingerprint density at radius 3 is 3.00 bits per heavy atom. The summed E-state index contributed by atoms with van der Waals surface area (Å²) in [5, 5.41) is 2.95. The number of rotatable bonds is 6.